The molecule has 2 amide bonds. The van der Waals surface area contributed by atoms with E-state index in [-0.39, 0.29) is 19.8 Å². The van der Waals surface area contributed by atoms with Crippen molar-refractivity contribution in [3.63, 3.8) is 0 Å². The van der Waals surface area contributed by atoms with Crippen molar-refractivity contribution >= 4 is 12.0 Å². The fraction of sp³-hybridized carbons (Fsp3) is 0.188. The second kappa shape index (κ2) is 14.2. The zero-order valence-electron chi connectivity index (χ0n) is 22.5. The molecule has 2 N–H and O–H groups in total. The maximum Gasteiger partial charge on any atom is 0.408 e. The lowest BCUT2D eigenvalue weighted by atomic mass is 10.0. The van der Waals surface area contributed by atoms with Crippen molar-refractivity contribution in [2.75, 3.05) is 14.2 Å². The van der Waals surface area contributed by atoms with Gasteiger partial charge in [-0.3, -0.25) is 4.79 Å². The number of amides is 2. The van der Waals surface area contributed by atoms with E-state index < -0.39 is 18.0 Å². The summed E-state index contributed by atoms with van der Waals surface area (Å²) >= 11 is 0. The van der Waals surface area contributed by atoms with Crippen LogP contribution in [0.2, 0.25) is 0 Å². The van der Waals surface area contributed by atoms with Crippen LogP contribution in [-0.4, -0.2) is 26.2 Å². The lowest BCUT2D eigenvalue weighted by Gasteiger charge is -2.22. The summed E-state index contributed by atoms with van der Waals surface area (Å²) < 4.78 is 23.3. The van der Waals surface area contributed by atoms with Gasteiger partial charge in [-0.1, -0.05) is 91.0 Å². The molecule has 0 aliphatic rings. The average molecular weight is 541 g/mol. The molecule has 4 aromatic carbocycles. The maximum absolute atomic E-state index is 13.0. The summed E-state index contributed by atoms with van der Waals surface area (Å²) in [7, 11) is 3.02. The van der Waals surface area contributed by atoms with Crippen molar-refractivity contribution in [3.8, 4) is 17.2 Å². The third kappa shape index (κ3) is 7.77. The molecule has 0 unspecified atom stereocenters. The molecular weight excluding hydrogens is 508 g/mol. The minimum atomic E-state index is -1.09. The van der Waals surface area contributed by atoms with Gasteiger partial charge >= 0.3 is 6.09 Å². The normalized spacial score (nSPS) is 11.2. The number of rotatable bonds is 12. The molecule has 0 radical (unpaired) electrons. The molecule has 1 atom stereocenters. The number of nitrogens with one attached hydrogen (secondary N) is 2. The first-order valence-electron chi connectivity index (χ1n) is 12.8. The highest BCUT2D eigenvalue weighted by atomic mass is 16.5. The number of benzene rings is 4. The molecule has 8 nitrogen and oxygen atoms in total. The molecule has 0 fully saturated rings. The first kappa shape index (κ1) is 28.0. The van der Waals surface area contributed by atoms with Gasteiger partial charge in [0, 0.05) is 7.05 Å². The fourth-order valence-electron chi connectivity index (χ4n) is 3.98. The highest BCUT2D eigenvalue weighted by molar-refractivity contribution is 5.87. The first-order valence-corrected chi connectivity index (χ1v) is 12.8. The zero-order valence-corrected chi connectivity index (χ0v) is 22.5. The fourth-order valence-corrected chi connectivity index (χ4v) is 3.98. The summed E-state index contributed by atoms with van der Waals surface area (Å²) in [5.41, 5.74) is 3.16. The smallest absolute Gasteiger partial charge is 0.408 e. The first-order chi connectivity index (χ1) is 19.6. The van der Waals surface area contributed by atoms with E-state index in [1.807, 2.05) is 91.0 Å². The summed E-state index contributed by atoms with van der Waals surface area (Å²) in [6.07, 6.45) is -0.744. The van der Waals surface area contributed by atoms with Crippen LogP contribution in [-0.2, 0) is 29.4 Å². The second-order valence-corrected chi connectivity index (χ2v) is 8.85. The Balaban J connectivity index is 1.63. The third-order valence-electron chi connectivity index (χ3n) is 6.04. The molecular formula is C32H32N2O6. The zero-order chi connectivity index (χ0) is 28.2. The molecule has 8 heteroatoms. The molecule has 0 aliphatic carbocycles. The number of hydrogen-bond acceptors (Lipinski definition) is 6. The van der Waals surface area contributed by atoms with Crippen LogP contribution >= 0.6 is 0 Å². The number of ether oxygens (including phenoxy) is 4. The van der Waals surface area contributed by atoms with E-state index >= 15 is 0 Å². The van der Waals surface area contributed by atoms with Crippen molar-refractivity contribution in [2.24, 2.45) is 0 Å². The van der Waals surface area contributed by atoms with Crippen LogP contribution in [0.25, 0.3) is 0 Å². The molecule has 0 bridgehead atoms. The minimum absolute atomic E-state index is 0.0621. The minimum Gasteiger partial charge on any atom is -0.490 e. The summed E-state index contributed by atoms with van der Waals surface area (Å²) in [4.78, 5) is 25.7. The summed E-state index contributed by atoms with van der Waals surface area (Å²) in [5, 5.41) is 5.27. The van der Waals surface area contributed by atoms with Gasteiger partial charge < -0.3 is 29.6 Å². The molecule has 0 saturated heterocycles. The maximum atomic E-state index is 13.0. The number of methoxy groups -OCH3 is 1. The van der Waals surface area contributed by atoms with Gasteiger partial charge in [-0.15, -0.1) is 0 Å². The Kier molecular flexibility index (Phi) is 9.99. The van der Waals surface area contributed by atoms with E-state index in [4.69, 9.17) is 18.9 Å². The molecule has 40 heavy (non-hydrogen) atoms. The number of alkyl carbamates (subject to hydrolysis) is 1. The van der Waals surface area contributed by atoms with Crippen molar-refractivity contribution < 1.29 is 28.5 Å². The Bertz CT molecular complexity index is 1320. The quantitative estimate of drug-likeness (QED) is 0.244. The SMILES string of the molecule is CNC(=O)[C@@H](NC(=O)OCc1ccccc1)c1cc(OCc2ccccc2)c(OC)c(OCc2ccccc2)c1. The van der Waals surface area contributed by atoms with Gasteiger partial charge in [0.05, 0.1) is 7.11 Å². The van der Waals surface area contributed by atoms with E-state index in [0.29, 0.717) is 22.8 Å². The van der Waals surface area contributed by atoms with Crippen LogP contribution < -0.4 is 24.8 Å². The van der Waals surface area contributed by atoms with E-state index in [1.54, 1.807) is 12.1 Å². The lowest BCUT2D eigenvalue weighted by molar-refractivity contribution is -0.122. The van der Waals surface area contributed by atoms with E-state index in [9.17, 15) is 9.59 Å². The van der Waals surface area contributed by atoms with Crippen LogP contribution in [0.5, 0.6) is 17.2 Å². The Labute approximate surface area is 233 Å². The standard InChI is InChI=1S/C32H32N2O6/c1-33-31(35)29(34-32(36)40-22-25-16-10-5-11-17-25)26-18-27(38-20-23-12-6-3-7-13-23)30(37-2)28(19-26)39-21-24-14-8-4-9-15-24/h3-19,29H,20-22H2,1-2H3,(H,33,35)(H,34,36)/t29-/m0/s1. The van der Waals surface area contributed by atoms with Gasteiger partial charge in [-0.2, -0.15) is 0 Å². The molecule has 0 heterocycles. The second-order valence-electron chi connectivity index (χ2n) is 8.85. The predicted octanol–water partition coefficient (Wildman–Crippen LogP) is 5.57. The highest BCUT2D eigenvalue weighted by Crippen LogP contribution is 2.41. The monoisotopic (exact) mass is 540 g/mol. The van der Waals surface area contributed by atoms with Crippen molar-refractivity contribution in [2.45, 2.75) is 25.9 Å². The van der Waals surface area contributed by atoms with Gasteiger partial charge in [0.25, 0.3) is 0 Å². The summed E-state index contributed by atoms with van der Waals surface area (Å²) in [5.74, 6) is 0.656. The van der Waals surface area contributed by atoms with Crippen molar-refractivity contribution in [1.82, 2.24) is 10.6 Å². The number of carbonyl (C=O) groups is 2. The van der Waals surface area contributed by atoms with Gasteiger partial charge in [0.15, 0.2) is 11.5 Å². The average Bonchev–Trinajstić information content (AvgIpc) is 3.01. The van der Waals surface area contributed by atoms with Crippen LogP contribution in [0.4, 0.5) is 4.79 Å². The molecule has 0 spiro atoms. The van der Waals surface area contributed by atoms with E-state index in [1.165, 1.54) is 14.2 Å². The van der Waals surface area contributed by atoms with E-state index in [0.717, 1.165) is 16.7 Å². The number of carbonyl (C=O) groups excluding carboxylic acids is 2. The Morgan fingerprint density at radius 3 is 1.57 bits per heavy atom. The van der Waals surface area contributed by atoms with Crippen LogP contribution in [0.15, 0.2) is 103 Å². The van der Waals surface area contributed by atoms with Gasteiger partial charge in [0.1, 0.15) is 25.9 Å². The van der Waals surface area contributed by atoms with Crippen molar-refractivity contribution in [1.29, 1.82) is 0 Å². The topological polar surface area (TPSA) is 95.1 Å². The molecule has 0 aromatic heterocycles. The van der Waals surface area contributed by atoms with Gasteiger partial charge in [0.2, 0.25) is 11.7 Å². The summed E-state index contributed by atoms with van der Waals surface area (Å²) in [6, 6.07) is 30.9. The largest absolute Gasteiger partial charge is 0.490 e. The Morgan fingerprint density at radius 1 is 0.700 bits per heavy atom. The lowest BCUT2D eigenvalue weighted by Crippen LogP contribution is -2.39. The molecule has 206 valence electrons. The Hall–Kier alpha value is -4.98. The van der Waals surface area contributed by atoms with Crippen LogP contribution in [0.1, 0.15) is 28.3 Å². The molecule has 4 aromatic rings. The molecule has 4 rings (SSSR count). The number of hydrogen-bond donors (Lipinski definition) is 2. The highest BCUT2D eigenvalue weighted by Gasteiger charge is 2.26. The van der Waals surface area contributed by atoms with Gasteiger partial charge in [-0.25, -0.2) is 4.79 Å². The third-order valence-corrected chi connectivity index (χ3v) is 6.04. The molecule has 0 saturated carbocycles. The van der Waals surface area contributed by atoms with Crippen molar-refractivity contribution in [3.05, 3.63) is 125 Å². The van der Waals surface area contributed by atoms with Gasteiger partial charge in [-0.05, 0) is 34.4 Å². The summed E-state index contributed by atoms with van der Waals surface area (Å²) in [6.45, 7) is 0.582. The predicted molar refractivity (Wildman–Crippen MR) is 151 cm³/mol. The Morgan fingerprint density at radius 2 is 1.15 bits per heavy atom. The van der Waals surface area contributed by atoms with Crippen LogP contribution in [0, 0.1) is 0 Å². The van der Waals surface area contributed by atoms with E-state index in [2.05, 4.69) is 10.6 Å². The number of likely N-dealkylation sites (N-methyl/N-ethyl adjacent to an activating group) is 1. The van der Waals surface area contributed by atoms with Crippen LogP contribution in [0.3, 0.4) is 0 Å². The molecule has 0 aliphatic heterocycles.